The highest BCUT2D eigenvalue weighted by molar-refractivity contribution is 8.25. The average Bonchev–Trinajstić information content (AvgIpc) is 3.12. The number of hydrogen-bond acceptors (Lipinski definition) is 6. The van der Waals surface area contributed by atoms with E-state index in [1.165, 1.54) is 21.3 Å². The van der Waals surface area contributed by atoms with Crippen molar-refractivity contribution in [2.24, 2.45) is 7.05 Å². The largest absolute Gasteiger partial charge is 0.508 e. The number of thiocarbonyl (C=S) groups is 1. The fraction of sp³-hybridized carbons (Fsp3) is 0.190. The lowest BCUT2D eigenvalue weighted by molar-refractivity contribution is -0.116. The van der Waals surface area contributed by atoms with Crippen LogP contribution in [0.2, 0.25) is 0 Å². The van der Waals surface area contributed by atoms with Gasteiger partial charge in [-0.2, -0.15) is 0 Å². The molecule has 0 radical (unpaired) electrons. The van der Waals surface area contributed by atoms with Gasteiger partial charge in [-0.05, 0) is 31.2 Å². The Labute approximate surface area is 182 Å². The Bertz CT molecular complexity index is 1190. The van der Waals surface area contributed by atoms with E-state index in [1.54, 1.807) is 42.9 Å². The molecule has 4 rings (SSSR count). The monoisotopic (exact) mass is 440 g/mol. The first-order valence-corrected chi connectivity index (χ1v) is 10.6. The van der Waals surface area contributed by atoms with Crippen molar-refractivity contribution in [1.82, 2.24) is 9.36 Å². The second kappa shape index (κ2) is 8.00. The van der Waals surface area contributed by atoms with Gasteiger partial charge in [0.05, 0.1) is 11.4 Å². The van der Waals surface area contributed by atoms with Crippen molar-refractivity contribution in [1.29, 1.82) is 0 Å². The van der Waals surface area contributed by atoms with Gasteiger partial charge in [0.15, 0.2) is 0 Å². The number of benzene rings is 2. The van der Waals surface area contributed by atoms with Crippen molar-refractivity contribution in [3.05, 3.63) is 70.6 Å². The van der Waals surface area contributed by atoms with Gasteiger partial charge in [0, 0.05) is 25.3 Å². The molecule has 1 saturated heterocycles. The summed E-state index contributed by atoms with van der Waals surface area (Å²) in [6.07, 6.45) is 0. The standard InChI is InChI=1S/C21H20N4O3S2/c1-13-18(20(28)25(23(13)2)15-8-4-3-5-9-15)24-19(27)17(30-21(24)29)12-22-14-7-6-10-16(26)11-14/h3-11,17,22,26H,12H2,1-2H3. The first-order chi connectivity index (χ1) is 14.4. The molecule has 1 unspecified atom stereocenters. The molecular weight excluding hydrogens is 420 g/mol. The molecule has 1 atom stereocenters. The topological polar surface area (TPSA) is 79.5 Å². The van der Waals surface area contributed by atoms with Crippen LogP contribution < -0.4 is 15.8 Å². The van der Waals surface area contributed by atoms with Crippen molar-refractivity contribution in [3.8, 4) is 11.4 Å². The molecule has 30 heavy (non-hydrogen) atoms. The van der Waals surface area contributed by atoms with Crippen LogP contribution in [0, 0.1) is 6.92 Å². The fourth-order valence-electron chi connectivity index (χ4n) is 3.43. The van der Waals surface area contributed by atoms with E-state index in [2.05, 4.69) is 5.32 Å². The van der Waals surface area contributed by atoms with Crippen molar-refractivity contribution in [2.45, 2.75) is 12.2 Å². The number of amides is 1. The van der Waals surface area contributed by atoms with Crippen LogP contribution in [0.1, 0.15) is 5.69 Å². The Kier molecular flexibility index (Phi) is 5.40. The number of carbonyl (C=O) groups excluding carboxylic acids is 1. The van der Waals surface area contributed by atoms with Crippen LogP contribution in [-0.2, 0) is 11.8 Å². The van der Waals surface area contributed by atoms with Crippen LogP contribution in [-0.4, -0.2) is 36.5 Å². The third kappa shape index (κ3) is 3.50. The Balaban J connectivity index is 1.63. The van der Waals surface area contributed by atoms with E-state index in [9.17, 15) is 14.7 Å². The van der Waals surface area contributed by atoms with E-state index in [0.717, 1.165) is 0 Å². The number of para-hydroxylation sites is 1. The number of phenolic OH excluding ortho intramolecular Hbond substituents is 1. The number of thioether (sulfide) groups is 1. The predicted molar refractivity (Wildman–Crippen MR) is 124 cm³/mol. The molecule has 154 valence electrons. The highest BCUT2D eigenvalue weighted by atomic mass is 32.2. The van der Waals surface area contributed by atoms with E-state index in [0.29, 0.717) is 27.9 Å². The summed E-state index contributed by atoms with van der Waals surface area (Å²) in [6, 6.07) is 16.0. The van der Waals surface area contributed by atoms with Gasteiger partial charge < -0.3 is 10.4 Å². The second-order valence-corrected chi connectivity index (χ2v) is 8.72. The van der Waals surface area contributed by atoms with Gasteiger partial charge in [0.25, 0.3) is 5.56 Å². The van der Waals surface area contributed by atoms with Gasteiger partial charge in [-0.25, -0.2) is 4.68 Å². The third-order valence-electron chi connectivity index (χ3n) is 5.01. The number of phenols is 1. The molecule has 1 aliphatic rings. The molecule has 2 heterocycles. The lowest BCUT2D eigenvalue weighted by Gasteiger charge is -2.14. The molecule has 1 aromatic heterocycles. The lowest BCUT2D eigenvalue weighted by atomic mass is 10.2. The number of nitrogens with one attached hydrogen (secondary N) is 1. The lowest BCUT2D eigenvalue weighted by Crippen LogP contribution is -2.37. The quantitative estimate of drug-likeness (QED) is 0.594. The Morgan fingerprint density at radius 1 is 1.13 bits per heavy atom. The highest BCUT2D eigenvalue weighted by Gasteiger charge is 2.41. The molecule has 0 saturated carbocycles. The van der Waals surface area contributed by atoms with Crippen molar-refractivity contribution in [2.75, 3.05) is 16.8 Å². The molecule has 3 aromatic rings. The van der Waals surface area contributed by atoms with E-state index >= 15 is 0 Å². The van der Waals surface area contributed by atoms with Crippen molar-refractivity contribution >= 4 is 45.6 Å². The molecule has 7 nitrogen and oxygen atoms in total. The zero-order chi connectivity index (χ0) is 21.4. The van der Waals surface area contributed by atoms with Crippen LogP contribution >= 0.6 is 24.0 Å². The average molecular weight is 441 g/mol. The molecule has 0 spiro atoms. The van der Waals surface area contributed by atoms with Gasteiger partial charge in [-0.3, -0.25) is 19.2 Å². The summed E-state index contributed by atoms with van der Waals surface area (Å²) in [5, 5.41) is 12.3. The summed E-state index contributed by atoms with van der Waals surface area (Å²) < 4.78 is 3.61. The normalized spacial score (nSPS) is 16.3. The third-order valence-corrected chi connectivity index (χ3v) is 6.51. The fourth-order valence-corrected chi connectivity index (χ4v) is 4.86. The molecule has 1 fully saturated rings. The van der Waals surface area contributed by atoms with E-state index < -0.39 is 5.25 Å². The zero-order valence-electron chi connectivity index (χ0n) is 16.4. The van der Waals surface area contributed by atoms with Crippen LogP contribution in [0.25, 0.3) is 5.69 Å². The molecule has 1 aliphatic heterocycles. The van der Waals surface area contributed by atoms with E-state index in [1.807, 2.05) is 30.3 Å². The summed E-state index contributed by atoms with van der Waals surface area (Å²) in [6.45, 7) is 2.12. The number of carbonyl (C=O) groups is 1. The summed E-state index contributed by atoms with van der Waals surface area (Å²) in [7, 11) is 1.78. The van der Waals surface area contributed by atoms with Gasteiger partial charge in [0.2, 0.25) is 5.91 Å². The first kappa shape index (κ1) is 20.2. The minimum atomic E-state index is -0.468. The molecular formula is C21H20N4O3S2. The minimum Gasteiger partial charge on any atom is -0.508 e. The Morgan fingerprint density at radius 3 is 2.57 bits per heavy atom. The Hall–Kier alpha value is -3.04. The van der Waals surface area contributed by atoms with E-state index in [-0.39, 0.29) is 22.9 Å². The molecule has 0 bridgehead atoms. The first-order valence-electron chi connectivity index (χ1n) is 9.30. The molecule has 2 aromatic carbocycles. The van der Waals surface area contributed by atoms with Gasteiger partial charge in [0.1, 0.15) is 21.0 Å². The summed E-state index contributed by atoms with van der Waals surface area (Å²) in [5.74, 6) is -0.0902. The number of nitrogens with zero attached hydrogens (tertiary/aromatic N) is 3. The number of aromatic hydroxyl groups is 1. The maximum absolute atomic E-state index is 13.2. The molecule has 0 aliphatic carbocycles. The van der Waals surface area contributed by atoms with Gasteiger partial charge in [-0.1, -0.05) is 48.2 Å². The maximum Gasteiger partial charge on any atom is 0.296 e. The van der Waals surface area contributed by atoms with Gasteiger partial charge in [-0.15, -0.1) is 0 Å². The summed E-state index contributed by atoms with van der Waals surface area (Å²) >= 11 is 6.71. The number of anilines is 2. The SMILES string of the molecule is Cc1c(N2C(=O)C(CNc3cccc(O)c3)SC2=S)c(=O)n(-c2ccccc2)n1C. The summed E-state index contributed by atoms with van der Waals surface area (Å²) in [5.41, 5.74) is 2.06. The smallest absolute Gasteiger partial charge is 0.296 e. The van der Waals surface area contributed by atoms with Crippen molar-refractivity contribution < 1.29 is 9.90 Å². The molecule has 1 amide bonds. The number of hydrogen-bond donors (Lipinski definition) is 2. The second-order valence-electron chi connectivity index (χ2n) is 6.89. The minimum absolute atomic E-state index is 0.143. The predicted octanol–water partition coefficient (Wildman–Crippen LogP) is 3.04. The van der Waals surface area contributed by atoms with Crippen molar-refractivity contribution in [3.63, 3.8) is 0 Å². The highest BCUT2D eigenvalue weighted by Crippen LogP contribution is 2.33. The van der Waals surface area contributed by atoms with E-state index in [4.69, 9.17) is 12.2 Å². The number of aromatic nitrogens is 2. The van der Waals surface area contributed by atoms with Crippen LogP contribution in [0.5, 0.6) is 5.75 Å². The molecule has 2 N–H and O–H groups in total. The molecule has 9 heteroatoms. The van der Waals surface area contributed by atoms with Crippen LogP contribution in [0.15, 0.2) is 59.4 Å². The van der Waals surface area contributed by atoms with Crippen LogP contribution in [0.3, 0.4) is 0 Å². The maximum atomic E-state index is 13.2. The van der Waals surface area contributed by atoms with Gasteiger partial charge >= 0.3 is 0 Å². The Morgan fingerprint density at radius 2 is 1.87 bits per heavy atom. The van der Waals surface area contributed by atoms with Crippen LogP contribution in [0.4, 0.5) is 11.4 Å². The number of rotatable bonds is 5. The zero-order valence-corrected chi connectivity index (χ0v) is 18.0. The summed E-state index contributed by atoms with van der Waals surface area (Å²) in [4.78, 5) is 27.7.